The standard InChI is InChI=1S/C46H69N5O11/c1-13-35-46(14-2)40(51(44(56)62-46)21-17-16-20-50-25-33(48-26-50)32-18-19-36(47-24-32)58-15-3)29(6)37(52)27(4)23-45(9,57-12)41(30(7)38(53)31(8)42(55)60-35)61-43-39(54)34(49(10)11)22-28(5)59-43/h14,18-19,24-31,34-35,39-41,43,54H,2,13,15-17,20-23H2,1,3-12H3/t27-,28-,29+,30+,31-,34+,35-,39-,40+,41-,43?,45+,46-/m1/s1. The zero-order chi connectivity index (χ0) is 45.7. The Bertz CT molecular complexity index is 1870. The van der Waals surface area contributed by atoms with Crippen molar-refractivity contribution in [1.82, 2.24) is 24.3 Å². The summed E-state index contributed by atoms with van der Waals surface area (Å²) in [5.41, 5.74) is -1.28. The van der Waals surface area contributed by atoms with Gasteiger partial charge in [0.1, 0.15) is 23.9 Å². The first-order chi connectivity index (χ1) is 29.4. The Morgan fingerprint density at radius 2 is 1.73 bits per heavy atom. The smallest absolute Gasteiger partial charge is 0.411 e. The molecule has 0 saturated carbocycles. The number of carbonyl (C=O) groups is 4. The normalized spacial score (nSPS) is 35.0. The third-order valence-corrected chi connectivity index (χ3v) is 13.2. The highest BCUT2D eigenvalue weighted by Gasteiger charge is 2.61. The van der Waals surface area contributed by atoms with Crippen LogP contribution in [0.3, 0.4) is 0 Å². The second kappa shape index (κ2) is 20.5. The van der Waals surface area contributed by atoms with Gasteiger partial charge in [0, 0.05) is 68.0 Å². The number of amides is 1. The predicted octanol–water partition coefficient (Wildman–Crippen LogP) is 5.49. The molecule has 3 aliphatic rings. The minimum atomic E-state index is -1.61. The summed E-state index contributed by atoms with van der Waals surface area (Å²) >= 11 is 0. The number of fused-ring (bicyclic) bond motifs is 1. The minimum Gasteiger partial charge on any atom is -0.478 e. The monoisotopic (exact) mass is 867 g/mol. The van der Waals surface area contributed by atoms with E-state index in [1.807, 2.05) is 49.7 Å². The van der Waals surface area contributed by atoms with Crippen molar-refractivity contribution in [3.63, 3.8) is 0 Å². The zero-order valence-electron chi connectivity index (χ0n) is 38.4. The molecule has 3 aliphatic heterocycles. The molecule has 5 heterocycles. The SMILES string of the molecule is C=C[C@]12OC(=O)N(CCCCn3cnc(-c4ccc(OCC)nc4)c3)[C@H]1[C@@H](C)C(=O)[C@H](C)C[C@](C)(OC)[C@H](OC1O[C@H](C)C[C@H](N(C)C)[C@H]1O)[C@@H](C)C(=O)[C@@H](C)C(=O)O[C@@H]2CC. The molecule has 1 amide bonds. The van der Waals surface area contributed by atoms with Crippen LogP contribution in [-0.2, 0) is 44.6 Å². The third kappa shape index (κ3) is 10.1. The van der Waals surface area contributed by atoms with Gasteiger partial charge in [-0.25, -0.2) is 14.8 Å². The molecule has 344 valence electrons. The van der Waals surface area contributed by atoms with E-state index < -0.39 is 83.4 Å². The molecule has 2 aromatic heterocycles. The van der Waals surface area contributed by atoms with Crippen LogP contribution in [0.2, 0.25) is 0 Å². The highest BCUT2D eigenvalue weighted by molar-refractivity contribution is 6.00. The maximum absolute atomic E-state index is 14.8. The third-order valence-electron chi connectivity index (χ3n) is 13.2. The maximum atomic E-state index is 14.8. The fourth-order valence-electron chi connectivity index (χ4n) is 9.66. The van der Waals surface area contributed by atoms with E-state index >= 15 is 0 Å². The Morgan fingerprint density at radius 3 is 2.34 bits per heavy atom. The molecule has 0 spiro atoms. The van der Waals surface area contributed by atoms with Gasteiger partial charge in [-0.1, -0.05) is 34.3 Å². The van der Waals surface area contributed by atoms with Gasteiger partial charge in [-0.05, 0) is 86.0 Å². The number of unbranched alkanes of at least 4 members (excludes halogenated alkanes) is 1. The number of esters is 1. The highest BCUT2D eigenvalue weighted by Crippen LogP contribution is 2.44. The topological polar surface area (TPSA) is 181 Å². The molecule has 3 saturated heterocycles. The Labute approximate surface area is 366 Å². The van der Waals surface area contributed by atoms with Crippen LogP contribution in [0.5, 0.6) is 5.88 Å². The number of aromatic nitrogens is 3. The predicted molar refractivity (Wildman–Crippen MR) is 230 cm³/mol. The van der Waals surface area contributed by atoms with Crippen molar-refractivity contribution in [3.05, 3.63) is 43.5 Å². The van der Waals surface area contributed by atoms with Crippen LogP contribution in [0.1, 0.15) is 87.5 Å². The van der Waals surface area contributed by atoms with Crippen molar-refractivity contribution in [2.75, 3.05) is 34.4 Å². The number of pyridine rings is 1. The first-order valence-electron chi connectivity index (χ1n) is 22.1. The molecular formula is C46H69N5O11. The molecule has 0 aliphatic carbocycles. The molecule has 2 aromatic rings. The van der Waals surface area contributed by atoms with Gasteiger partial charge >= 0.3 is 12.1 Å². The zero-order valence-corrected chi connectivity index (χ0v) is 38.4. The van der Waals surface area contributed by atoms with Gasteiger partial charge in [-0.2, -0.15) is 0 Å². The number of likely N-dealkylation sites (N-methyl/N-ethyl adjacent to an activating group) is 1. The average Bonchev–Trinajstić information content (AvgIpc) is 3.84. The number of hydrogen-bond acceptors (Lipinski definition) is 14. The Hall–Kier alpha value is -4.22. The molecule has 5 rings (SSSR count). The van der Waals surface area contributed by atoms with E-state index in [0.717, 1.165) is 11.3 Å². The summed E-state index contributed by atoms with van der Waals surface area (Å²) in [5.74, 6) is -4.70. The first-order valence-corrected chi connectivity index (χ1v) is 22.1. The number of ether oxygens (including phenoxy) is 6. The maximum Gasteiger partial charge on any atom is 0.411 e. The van der Waals surface area contributed by atoms with E-state index in [2.05, 4.69) is 16.5 Å². The van der Waals surface area contributed by atoms with Crippen LogP contribution in [0, 0.1) is 23.7 Å². The minimum absolute atomic E-state index is 0.0999. The number of aliphatic hydroxyl groups excluding tert-OH is 1. The summed E-state index contributed by atoms with van der Waals surface area (Å²) in [6.07, 6.45) is 3.69. The summed E-state index contributed by atoms with van der Waals surface area (Å²) in [6, 6.07) is 2.52. The lowest BCUT2D eigenvalue weighted by molar-refractivity contribution is -0.295. The number of carbonyl (C=O) groups excluding carboxylic acids is 4. The molecule has 0 bridgehead atoms. The number of cyclic esters (lactones) is 1. The summed E-state index contributed by atoms with van der Waals surface area (Å²) in [5, 5.41) is 11.5. The Balaban J connectivity index is 1.43. The molecule has 16 nitrogen and oxygen atoms in total. The van der Waals surface area contributed by atoms with Gasteiger partial charge in [0.25, 0.3) is 0 Å². The second-order valence-corrected chi connectivity index (χ2v) is 17.8. The number of rotatable bonds is 14. The van der Waals surface area contributed by atoms with E-state index in [9.17, 15) is 24.3 Å². The van der Waals surface area contributed by atoms with Crippen LogP contribution in [0.4, 0.5) is 4.79 Å². The fraction of sp³-hybridized carbons (Fsp3) is 0.696. The molecule has 0 aromatic carbocycles. The Morgan fingerprint density at radius 1 is 1.02 bits per heavy atom. The van der Waals surface area contributed by atoms with Crippen LogP contribution in [0.25, 0.3) is 11.3 Å². The number of ketones is 2. The molecule has 16 heteroatoms. The van der Waals surface area contributed by atoms with Gasteiger partial charge in [-0.15, -0.1) is 0 Å². The summed E-state index contributed by atoms with van der Waals surface area (Å²) in [6.45, 7) is 19.5. The van der Waals surface area contributed by atoms with Crippen LogP contribution in [-0.4, -0.2) is 141 Å². The highest BCUT2D eigenvalue weighted by atomic mass is 16.7. The van der Waals surface area contributed by atoms with Crippen LogP contribution < -0.4 is 4.74 Å². The van der Waals surface area contributed by atoms with Crippen molar-refractivity contribution in [2.45, 2.75) is 148 Å². The number of hydrogen-bond donors (Lipinski definition) is 1. The van der Waals surface area contributed by atoms with Crippen LogP contribution >= 0.6 is 0 Å². The molecule has 1 N–H and O–H groups in total. The van der Waals surface area contributed by atoms with Gasteiger partial charge < -0.3 is 43.0 Å². The van der Waals surface area contributed by atoms with E-state index in [4.69, 9.17) is 28.4 Å². The lowest BCUT2D eigenvalue weighted by Gasteiger charge is -2.47. The van der Waals surface area contributed by atoms with E-state index in [1.54, 1.807) is 58.1 Å². The quantitative estimate of drug-likeness (QED) is 0.109. The number of aliphatic hydroxyl groups is 1. The largest absolute Gasteiger partial charge is 0.478 e. The van der Waals surface area contributed by atoms with Gasteiger partial charge in [0.05, 0.1) is 42.5 Å². The van der Waals surface area contributed by atoms with Gasteiger partial charge in [-0.3, -0.25) is 19.3 Å². The molecule has 1 unspecified atom stereocenters. The first kappa shape index (κ1) is 48.8. The van der Waals surface area contributed by atoms with Gasteiger partial charge in [0.2, 0.25) is 5.88 Å². The van der Waals surface area contributed by atoms with Crippen molar-refractivity contribution >= 4 is 23.6 Å². The lowest BCUT2D eigenvalue weighted by atomic mass is 9.72. The molecule has 0 radical (unpaired) electrons. The number of imidazole rings is 1. The number of nitrogens with zero attached hydrogens (tertiary/aromatic N) is 5. The number of Topliss-reactive ketones (excluding diaryl/α,β-unsaturated/α-hetero) is 2. The summed E-state index contributed by atoms with van der Waals surface area (Å²) < 4.78 is 38.8. The summed E-state index contributed by atoms with van der Waals surface area (Å²) in [4.78, 5) is 69.7. The van der Waals surface area contributed by atoms with Crippen molar-refractivity contribution in [3.8, 4) is 17.1 Å². The van der Waals surface area contributed by atoms with Crippen molar-refractivity contribution in [2.24, 2.45) is 23.7 Å². The molecule has 13 atom stereocenters. The molecule has 3 fully saturated rings. The van der Waals surface area contributed by atoms with Gasteiger partial charge in [0.15, 0.2) is 17.7 Å². The Kier molecular flexibility index (Phi) is 16.2. The van der Waals surface area contributed by atoms with Crippen LogP contribution in [0.15, 0.2) is 43.5 Å². The number of aryl methyl sites for hydroxylation is 1. The summed E-state index contributed by atoms with van der Waals surface area (Å²) in [7, 11) is 5.22. The molecule has 62 heavy (non-hydrogen) atoms. The molecular weight excluding hydrogens is 799 g/mol. The van der Waals surface area contributed by atoms with Crippen molar-refractivity contribution in [1.29, 1.82) is 0 Å². The lowest BCUT2D eigenvalue weighted by Crippen LogP contribution is -2.60. The van der Waals surface area contributed by atoms with E-state index in [0.29, 0.717) is 38.3 Å². The van der Waals surface area contributed by atoms with E-state index in [-0.39, 0.29) is 37.3 Å². The fourth-order valence-corrected chi connectivity index (χ4v) is 9.66. The number of methoxy groups -OCH3 is 1. The van der Waals surface area contributed by atoms with Crippen molar-refractivity contribution < 1.29 is 52.7 Å². The second-order valence-electron chi connectivity index (χ2n) is 17.8. The van der Waals surface area contributed by atoms with E-state index in [1.165, 1.54) is 20.1 Å². The average molecular weight is 868 g/mol.